The van der Waals surface area contributed by atoms with Crippen LogP contribution in [0.2, 0.25) is 0 Å². The van der Waals surface area contributed by atoms with E-state index >= 15 is 0 Å². The topological polar surface area (TPSA) is 17.1 Å². The largest absolute Gasteiger partial charge is 0.297 e. The van der Waals surface area contributed by atoms with Crippen LogP contribution in [0, 0.1) is 16.7 Å². The Kier molecular flexibility index (Phi) is 2.70. The zero-order valence-electron chi connectivity index (χ0n) is 15.3. The third kappa shape index (κ3) is 1.38. The Bertz CT molecular complexity index is 948. The minimum absolute atomic E-state index is 0.0784. The van der Waals surface area contributed by atoms with Gasteiger partial charge in [0.05, 0.1) is 4.75 Å². The van der Waals surface area contributed by atoms with Crippen LogP contribution < -0.4 is 0 Å². The predicted octanol–water partition coefficient (Wildman–Crippen LogP) is 5.91. The Morgan fingerprint density at radius 3 is 2.04 bits per heavy atom. The molecule has 6 rings (SSSR count). The van der Waals surface area contributed by atoms with Crippen molar-refractivity contribution in [3.05, 3.63) is 59.7 Å². The lowest BCUT2D eigenvalue weighted by Crippen LogP contribution is -2.42. The fourth-order valence-corrected chi connectivity index (χ4v) is 10.0. The second-order valence-electron chi connectivity index (χ2n) is 9.09. The highest BCUT2D eigenvalue weighted by molar-refractivity contribution is 8.10. The Hall–Kier alpha value is -1.19. The van der Waals surface area contributed by atoms with Crippen molar-refractivity contribution in [2.75, 3.05) is 0 Å². The van der Waals surface area contributed by atoms with Gasteiger partial charge in [-0.2, -0.15) is 0 Å². The number of ketones is 1. The summed E-state index contributed by atoms with van der Waals surface area (Å²) in [5.41, 5.74) is 2.64. The van der Waals surface area contributed by atoms with Crippen LogP contribution in [0.4, 0.5) is 0 Å². The lowest BCUT2D eigenvalue weighted by atomic mass is 9.70. The first kappa shape index (κ1) is 15.8. The number of carbonyl (C=O) groups excluding carboxylic acids is 1. The van der Waals surface area contributed by atoms with E-state index in [9.17, 15) is 4.79 Å². The summed E-state index contributed by atoms with van der Waals surface area (Å²) in [7, 11) is 0. The van der Waals surface area contributed by atoms with Crippen molar-refractivity contribution in [3.8, 4) is 0 Å². The molecular formula is C23H22OS2. The number of rotatable bonds is 0. The van der Waals surface area contributed by atoms with Crippen LogP contribution in [0.1, 0.15) is 44.7 Å². The third-order valence-corrected chi connectivity index (χ3v) is 11.2. The summed E-state index contributed by atoms with van der Waals surface area (Å²) in [4.78, 5) is 16.6. The molecule has 0 aromatic heterocycles. The summed E-state index contributed by atoms with van der Waals surface area (Å²) >= 11 is 3.83. The van der Waals surface area contributed by atoms with Crippen molar-refractivity contribution < 1.29 is 4.79 Å². The van der Waals surface area contributed by atoms with Gasteiger partial charge in [0.15, 0.2) is 5.78 Å². The molecule has 2 saturated carbocycles. The summed E-state index contributed by atoms with van der Waals surface area (Å²) in [6.07, 6.45) is 2.24. The fraction of sp³-hybridized carbons (Fsp3) is 0.435. The zero-order valence-corrected chi connectivity index (χ0v) is 17.0. The van der Waals surface area contributed by atoms with Gasteiger partial charge in [0.1, 0.15) is 4.75 Å². The first-order chi connectivity index (χ1) is 12.4. The highest BCUT2D eigenvalue weighted by atomic mass is 32.2. The first-order valence-electron chi connectivity index (χ1n) is 9.51. The molecule has 0 N–H and O–H groups in total. The molecule has 0 radical (unpaired) electrons. The molecule has 3 atom stereocenters. The van der Waals surface area contributed by atoms with E-state index in [4.69, 9.17) is 0 Å². The molecule has 132 valence electrons. The van der Waals surface area contributed by atoms with Gasteiger partial charge in [0, 0.05) is 15.2 Å². The van der Waals surface area contributed by atoms with Gasteiger partial charge in [-0.1, -0.05) is 68.9 Å². The molecule has 2 aliphatic carbocycles. The van der Waals surface area contributed by atoms with Crippen molar-refractivity contribution in [2.45, 2.75) is 52.9 Å². The monoisotopic (exact) mass is 378 g/mol. The van der Waals surface area contributed by atoms with Crippen molar-refractivity contribution in [3.63, 3.8) is 0 Å². The van der Waals surface area contributed by atoms with Crippen LogP contribution in [-0.2, 0) is 9.54 Å². The molecule has 2 spiro atoms. The summed E-state index contributed by atoms with van der Waals surface area (Å²) in [5.74, 6) is 0.981. The molecule has 2 aromatic rings. The quantitative estimate of drug-likeness (QED) is 0.531. The van der Waals surface area contributed by atoms with Crippen molar-refractivity contribution in [1.29, 1.82) is 0 Å². The van der Waals surface area contributed by atoms with Gasteiger partial charge in [-0.05, 0) is 47.4 Å². The first-order valence-corrected chi connectivity index (χ1v) is 11.1. The molecule has 2 aliphatic heterocycles. The number of hydrogen-bond donors (Lipinski definition) is 0. The smallest absolute Gasteiger partial charge is 0.157 e. The molecule has 1 nitrogen and oxygen atoms in total. The Labute approximate surface area is 163 Å². The molecule has 2 bridgehead atoms. The predicted molar refractivity (Wildman–Crippen MR) is 108 cm³/mol. The highest BCUT2D eigenvalue weighted by Crippen LogP contribution is 2.88. The Morgan fingerprint density at radius 2 is 1.50 bits per heavy atom. The maximum absolute atomic E-state index is 14.0. The van der Waals surface area contributed by atoms with Gasteiger partial charge in [0.2, 0.25) is 0 Å². The lowest BCUT2D eigenvalue weighted by Gasteiger charge is -2.33. The van der Waals surface area contributed by atoms with E-state index in [1.807, 2.05) is 23.5 Å². The molecule has 0 amide bonds. The van der Waals surface area contributed by atoms with Gasteiger partial charge in [-0.3, -0.25) is 4.79 Å². The molecule has 3 fully saturated rings. The summed E-state index contributed by atoms with van der Waals surface area (Å²) in [6, 6.07) is 17.5. The van der Waals surface area contributed by atoms with E-state index in [1.54, 1.807) is 0 Å². The Balaban J connectivity index is 1.66. The maximum Gasteiger partial charge on any atom is 0.157 e. The summed E-state index contributed by atoms with van der Waals surface area (Å²) < 4.78 is -0.445. The van der Waals surface area contributed by atoms with Crippen molar-refractivity contribution >= 4 is 29.3 Å². The third-order valence-electron chi connectivity index (χ3n) is 8.10. The molecule has 2 aromatic carbocycles. The molecular weight excluding hydrogens is 356 g/mol. The van der Waals surface area contributed by atoms with E-state index in [-0.39, 0.29) is 20.3 Å². The number of benzene rings is 2. The van der Waals surface area contributed by atoms with E-state index in [1.165, 1.54) is 27.3 Å². The van der Waals surface area contributed by atoms with Crippen molar-refractivity contribution in [2.24, 2.45) is 16.7 Å². The average Bonchev–Trinajstić information content (AvgIpc) is 3.20. The van der Waals surface area contributed by atoms with Crippen LogP contribution in [0.3, 0.4) is 0 Å². The minimum Gasteiger partial charge on any atom is -0.297 e. The number of Topliss-reactive ketones (excluding diaryl/α,β-unsaturated/α-hetero) is 1. The molecule has 26 heavy (non-hydrogen) atoms. The van der Waals surface area contributed by atoms with E-state index in [0.717, 1.165) is 6.42 Å². The van der Waals surface area contributed by atoms with Crippen LogP contribution in [0.5, 0.6) is 0 Å². The molecule has 0 unspecified atom stereocenters. The summed E-state index contributed by atoms with van der Waals surface area (Å²) in [5, 5.41) is 0. The van der Waals surface area contributed by atoms with E-state index in [0.29, 0.717) is 11.7 Å². The molecule has 3 heteroatoms. The van der Waals surface area contributed by atoms with Gasteiger partial charge < -0.3 is 0 Å². The van der Waals surface area contributed by atoms with Gasteiger partial charge >= 0.3 is 0 Å². The van der Waals surface area contributed by atoms with E-state index < -0.39 is 0 Å². The highest BCUT2D eigenvalue weighted by Gasteiger charge is 2.88. The maximum atomic E-state index is 14.0. The summed E-state index contributed by atoms with van der Waals surface area (Å²) in [6.45, 7) is 6.94. The Morgan fingerprint density at radius 1 is 0.923 bits per heavy atom. The lowest BCUT2D eigenvalue weighted by molar-refractivity contribution is -0.129. The second-order valence-corrected chi connectivity index (χ2v) is 11.6. The van der Waals surface area contributed by atoms with Gasteiger partial charge in [-0.25, -0.2) is 0 Å². The van der Waals surface area contributed by atoms with Gasteiger partial charge in [-0.15, -0.1) is 11.8 Å². The molecule has 2 heterocycles. The molecule has 4 aliphatic rings. The van der Waals surface area contributed by atoms with Crippen LogP contribution in [-0.4, -0.2) is 10.5 Å². The standard InChI is InChI=1S/C23H22OS2/c1-20(2)18-12-13-21(20,3)19(24)23(18)22(26-23)14-8-4-6-10-16(14)25-17-11-7-5-9-15(17)22/h4-11,18H,12-13H2,1-3H3/t18-,21-,23+/m0/s1. The fourth-order valence-electron chi connectivity index (χ4n) is 6.39. The second kappa shape index (κ2) is 4.44. The SMILES string of the molecule is CC1(C)[C@@H]2CC[C@@]1(C)C(=O)[C@]21SC12c1ccccc1Sc1ccccc12. The molecule has 1 saturated heterocycles. The van der Waals surface area contributed by atoms with Crippen LogP contribution >= 0.6 is 23.5 Å². The number of thioether (sulfide) groups is 1. The average molecular weight is 379 g/mol. The number of carbonyl (C=O) groups is 1. The van der Waals surface area contributed by atoms with Crippen molar-refractivity contribution in [1.82, 2.24) is 0 Å². The number of fused-ring (bicyclic) bond motifs is 8. The minimum atomic E-state index is -0.267. The number of hydrogen-bond acceptors (Lipinski definition) is 3. The van der Waals surface area contributed by atoms with E-state index in [2.05, 4.69) is 69.3 Å². The normalized spacial score (nSPS) is 37.0. The zero-order chi connectivity index (χ0) is 17.9. The van der Waals surface area contributed by atoms with Gasteiger partial charge in [0.25, 0.3) is 0 Å². The van der Waals surface area contributed by atoms with Crippen LogP contribution in [0.25, 0.3) is 0 Å². The van der Waals surface area contributed by atoms with Crippen LogP contribution in [0.15, 0.2) is 58.3 Å².